The van der Waals surface area contributed by atoms with Crippen molar-refractivity contribution in [3.63, 3.8) is 0 Å². The molecule has 0 amide bonds. The predicted octanol–water partition coefficient (Wildman–Crippen LogP) is 3.61. The van der Waals surface area contributed by atoms with Gasteiger partial charge in [-0.3, -0.25) is 4.98 Å². The summed E-state index contributed by atoms with van der Waals surface area (Å²) in [5.74, 6) is 0.563. The number of nitrogens with zero attached hydrogens (tertiary/aromatic N) is 2. The van der Waals surface area contributed by atoms with Crippen LogP contribution in [-0.2, 0) is 0 Å². The highest BCUT2D eigenvalue weighted by atomic mass is 19.3. The summed E-state index contributed by atoms with van der Waals surface area (Å²) in [7, 11) is 1.97. The Morgan fingerprint density at radius 3 is 2.82 bits per heavy atom. The third-order valence-electron chi connectivity index (χ3n) is 4.42. The summed E-state index contributed by atoms with van der Waals surface area (Å²) >= 11 is 0. The van der Waals surface area contributed by atoms with Gasteiger partial charge in [0.15, 0.2) is 0 Å². The Morgan fingerprint density at radius 1 is 1.27 bits per heavy atom. The van der Waals surface area contributed by atoms with Gasteiger partial charge in [0, 0.05) is 42.0 Å². The monoisotopic (exact) mass is 305 g/mol. The normalized spacial score (nSPS) is 22.5. The SMILES string of the molecule is CN[C@@H]1C[C@H](C)CN(c2ccc(C(F)F)c3ncccc23)C1. The Balaban J connectivity index is 2.06. The fraction of sp³-hybridized carbons (Fsp3) is 0.471. The molecule has 0 spiro atoms. The third kappa shape index (κ3) is 2.77. The summed E-state index contributed by atoms with van der Waals surface area (Å²) in [6.45, 7) is 4.06. The summed E-state index contributed by atoms with van der Waals surface area (Å²) in [5.41, 5.74) is 1.42. The maximum absolute atomic E-state index is 13.2. The van der Waals surface area contributed by atoms with E-state index in [9.17, 15) is 8.78 Å². The van der Waals surface area contributed by atoms with E-state index in [1.54, 1.807) is 6.20 Å². The van der Waals surface area contributed by atoms with Crippen molar-refractivity contribution < 1.29 is 8.78 Å². The van der Waals surface area contributed by atoms with Crippen LogP contribution in [0, 0.1) is 5.92 Å². The highest BCUT2D eigenvalue weighted by molar-refractivity contribution is 5.94. The molecule has 1 fully saturated rings. The lowest BCUT2D eigenvalue weighted by molar-refractivity contribution is 0.153. The highest BCUT2D eigenvalue weighted by Gasteiger charge is 2.25. The van der Waals surface area contributed by atoms with E-state index >= 15 is 0 Å². The van der Waals surface area contributed by atoms with E-state index in [2.05, 4.69) is 22.1 Å². The van der Waals surface area contributed by atoms with Gasteiger partial charge in [0.25, 0.3) is 6.43 Å². The van der Waals surface area contributed by atoms with Gasteiger partial charge in [-0.25, -0.2) is 8.78 Å². The Labute approximate surface area is 129 Å². The van der Waals surface area contributed by atoms with Crippen molar-refractivity contribution in [3.8, 4) is 0 Å². The molecule has 0 bridgehead atoms. The Bertz CT molecular complexity index is 659. The van der Waals surface area contributed by atoms with E-state index in [0.29, 0.717) is 17.5 Å². The minimum atomic E-state index is -2.50. The van der Waals surface area contributed by atoms with Crippen molar-refractivity contribution in [3.05, 3.63) is 36.0 Å². The predicted molar refractivity (Wildman–Crippen MR) is 85.5 cm³/mol. The first-order chi connectivity index (χ1) is 10.6. The van der Waals surface area contributed by atoms with Crippen LogP contribution in [-0.4, -0.2) is 31.2 Å². The van der Waals surface area contributed by atoms with Crippen molar-refractivity contribution in [2.24, 2.45) is 5.92 Å². The number of hydrogen-bond donors (Lipinski definition) is 1. The van der Waals surface area contributed by atoms with Crippen LogP contribution >= 0.6 is 0 Å². The number of rotatable bonds is 3. The second kappa shape index (κ2) is 6.16. The van der Waals surface area contributed by atoms with Gasteiger partial charge in [-0.05, 0) is 43.7 Å². The molecule has 1 N–H and O–H groups in total. The zero-order valence-electron chi connectivity index (χ0n) is 12.9. The first kappa shape index (κ1) is 15.2. The maximum atomic E-state index is 13.2. The lowest BCUT2D eigenvalue weighted by Crippen LogP contribution is -2.47. The molecule has 3 rings (SSSR count). The van der Waals surface area contributed by atoms with Gasteiger partial charge in [0.05, 0.1) is 5.52 Å². The zero-order valence-corrected chi connectivity index (χ0v) is 12.9. The average molecular weight is 305 g/mol. The van der Waals surface area contributed by atoms with Crippen molar-refractivity contribution in [1.29, 1.82) is 0 Å². The number of piperidine rings is 1. The Hall–Kier alpha value is -1.75. The van der Waals surface area contributed by atoms with Crippen molar-refractivity contribution >= 4 is 16.6 Å². The number of nitrogens with one attached hydrogen (secondary N) is 1. The molecule has 1 aromatic heterocycles. The second-order valence-corrected chi connectivity index (χ2v) is 6.11. The number of pyridine rings is 1. The van der Waals surface area contributed by atoms with Gasteiger partial charge in [-0.2, -0.15) is 0 Å². The number of hydrogen-bond acceptors (Lipinski definition) is 3. The van der Waals surface area contributed by atoms with Crippen LogP contribution in [0.4, 0.5) is 14.5 Å². The van der Waals surface area contributed by atoms with Crippen molar-refractivity contribution in [2.75, 3.05) is 25.0 Å². The molecule has 1 aliphatic heterocycles. The minimum Gasteiger partial charge on any atom is -0.369 e. The lowest BCUT2D eigenvalue weighted by atomic mass is 9.94. The van der Waals surface area contributed by atoms with Gasteiger partial charge >= 0.3 is 0 Å². The molecule has 0 unspecified atom stereocenters. The molecule has 2 aromatic rings. The molecule has 1 aliphatic rings. The van der Waals surface area contributed by atoms with Crippen LogP contribution in [0.5, 0.6) is 0 Å². The lowest BCUT2D eigenvalue weighted by Gasteiger charge is -2.38. The first-order valence-electron chi connectivity index (χ1n) is 7.68. The number of aromatic nitrogens is 1. The Morgan fingerprint density at radius 2 is 2.09 bits per heavy atom. The molecule has 118 valence electrons. The van der Waals surface area contributed by atoms with Gasteiger partial charge in [0.1, 0.15) is 0 Å². The molecule has 3 nitrogen and oxygen atoms in total. The second-order valence-electron chi connectivity index (χ2n) is 6.11. The number of fused-ring (bicyclic) bond motifs is 1. The van der Waals surface area contributed by atoms with E-state index in [1.165, 1.54) is 6.07 Å². The van der Waals surface area contributed by atoms with Crippen LogP contribution < -0.4 is 10.2 Å². The summed E-state index contributed by atoms with van der Waals surface area (Å²) in [6, 6.07) is 7.45. The van der Waals surface area contributed by atoms with Crippen molar-refractivity contribution in [1.82, 2.24) is 10.3 Å². The van der Waals surface area contributed by atoms with Crippen LogP contribution in [0.1, 0.15) is 25.3 Å². The first-order valence-corrected chi connectivity index (χ1v) is 7.68. The molecule has 5 heteroatoms. The molecule has 2 atom stereocenters. The number of halogens is 2. The van der Waals surface area contributed by atoms with E-state index in [-0.39, 0.29) is 5.56 Å². The molecular weight excluding hydrogens is 284 g/mol. The van der Waals surface area contributed by atoms with Crippen LogP contribution in [0.15, 0.2) is 30.5 Å². The third-order valence-corrected chi connectivity index (χ3v) is 4.42. The summed E-state index contributed by atoms with van der Waals surface area (Å²) in [6.07, 6.45) is 0.211. The van der Waals surface area contributed by atoms with Gasteiger partial charge in [-0.15, -0.1) is 0 Å². The molecule has 22 heavy (non-hydrogen) atoms. The quantitative estimate of drug-likeness (QED) is 0.939. The highest BCUT2D eigenvalue weighted by Crippen LogP contribution is 2.34. The molecule has 2 heterocycles. The molecule has 0 aliphatic carbocycles. The van der Waals surface area contributed by atoms with E-state index in [0.717, 1.165) is 30.6 Å². The van der Waals surface area contributed by atoms with Crippen LogP contribution in [0.25, 0.3) is 10.9 Å². The summed E-state index contributed by atoms with van der Waals surface area (Å²) < 4.78 is 26.4. The zero-order chi connectivity index (χ0) is 15.7. The smallest absolute Gasteiger partial charge is 0.265 e. The summed E-state index contributed by atoms with van der Waals surface area (Å²) in [4.78, 5) is 6.48. The van der Waals surface area contributed by atoms with E-state index < -0.39 is 6.43 Å². The van der Waals surface area contributed by atoms with Gasteiger partial charge < -0.3 is 10.2 Å². The van der Waals surface area contributed by atoms with E-state index in [4.69, 9.17) is 0 Å². The molecule has 0 radical (unpaired) electrons. The summed E-state index contributed by atoms with van der Waals surface area (Å²) in [5, 5.41) is 4.14. The molecule has 1 aromatic carbocycles. The molecule has 1 saturated heterocycles. The largest absolute Gasteiger partial charge is 0.369 e. The van der Waals surface area contributed by atoms with Gasteiger partial charge in [0.2, 0.25) is 0 Å². The fourth-order valence-corrected chi connectivity index (χ4v) is 3.39. The molecular formula is C17H21F2N3. The van der Waals surface area contributed by atoms with E-state index in [1.807, 2.05) is 25.2 Å². The van der Waals surface area contributed by atoms with Crippen molar-refractivity contribution in [2.45, 2.75) is 25.8 Å². The standard InChI is InChI=1S/C17H21F2N3/c1-11-8-12(20-2)10-22(9-11)15-6-5-14(17(18)19)16-13(15)4-3-7-21-16/h3-7,11-12,17,20H,8-10H2,1-2H3/t11-,12+/m0/s1. The number of anilines is 1. The fourth-order valence-electron chi connectivity index (χ4n) is 3.39. The maximum Gasteiger partial charge on any atom is 0.265 e. The topological polar surface area (TPSA) is 28.2 Å². The molecule has 0 saturated carbocycles. The number of benzene rings is 1. The van der Waals surface area contributed by atoms with Gasteiger partial charge in [-0.1, -0.05) is 6.92 Å². The van der Waals surface area contributed by atoms with Crippen LogP contribution in [0.3, 0.4) is 0 Å². The number of alkyl halides is 2. The number of likely N-dealkylation sites (N-methyl/N-ethyl adjacent to an activating group) is 1. The Kier molecular flexibility index (Phi) is 4.25. The average Bonchev–Trinajstić information content (AvgIpc) is 2.52. The minimum absolute atomic E-state index is 0.00887. The van der Waals surface area contributed by atoms with Crippen LogP contribution in [0.2, 0.25) is 0 Å².